The van der Waals surface area contributed by atoms with Gasteiger partial charge in [-0.15, -0.1) is 11.3 Å². The van der Waals surface area contributed by atoms with Crippen molar-refractivity contribution in [3.05, 3.63) is 22.4 Å². The molecule has 4 heteroatoms. The summed E-state index contributed by atoms with van der Waals surface area (Å²) in [5.74, 6) is 0.245. The molecule has 0 aliphatic carbocycles. The number of rotatable bonds is 5. The van der Waals surface area contributed by atoms with E-state index >= 15 is 0 Å². The minimum absolute atomic E-state index is 0.0407. The van der Waals surface area contributed by atoms with Crippen LogP contribution in [-0.2, 0) is 4.79 Å². The molecule has 2 heterocycles. The molecule has 1 fully saturated rings. The molecule has 3 unspecified atom stereocenters. The predicted octanol–water partition coefficient (Wildman–Crippen LogP) is 3.54. The Labute approximate surface area is 120 Å². The summed E-state index contributed by atoms with van der Waals surface area (Å²) in [7, 11) is 0. The first kappa shape index (κ1) is 14.5. The highest BCUT2D eigenvalue weighted by Gasteiger charge is 2.48. The molecular formula is C15H24N2OS. The van der Waals surface area contributed by atoms with Crippen molar-refractivity contribution in [1.82, 2.24) is 10.2 Å². The highest BCUT2D eigenvalue weighted by atomic mass is 32.1. The third-order valence-electron chi connectivity index (χ3n) is 4.14. The van der Waals surface area contributed by atoms with Crippen LogP contribution in [-0.4, -0.2) is 22.4 Å². The van der Waals surface area contributed by atoms with Gasteiger partial charge >= 0.3 is 0 Å². The molecule has 0 saturated carbocycles. The molecule has 0 aromatic carbocycles. The van der Waals surface area contributed by atoms with Crippen LogP contribution >= 0.6 is 11.3 Å². The van der Waals surface area contributed by atoms with Crippen molar-refractivity contribution in [3.63, 3.8) is 0 Å². The SMILES string of the molecule is CCCC(C)N1C(=O)C(C)(CC)NC1c1cccs1. The summed E-state index contributed by atoms with van der Waals surface area (Å²) in [4.78, 5) is 16.0. The highest BCUT2D eigenvalue weighted by molar-refractivity contribution is 7.10. The number of hydrogen-bond donors (Lipinski definition) is 1. The first-order chi connectivity index (χ1) is 9.03. The normalized spacial score (nSPS) is 28.9. The minimum atomic E-state index is -0.420. The summed E-state index contributed by atoms with van der Waals surface area (Å²) in [6.45, 7) is 8.42. The Morgan fingerprint density at radius 3 is 2.79 bits per heavy atom. The van der Waals surface area contributed by atoms with Crippen molar-refractivity contribution in [1.29, 1.82) is 0 Å². The van der Waals surface area contributed by atoms with Crippen LogP contribution in [0.25, 0.3) is 0 Å². The quantitative estimate of drug-likeness (QED) is 0.895. The van der Waals surface area contributed by atoms with E-state index in [0.717, 1.165) is 19.3 Å². The van der Waals surface area contributed by atoms with Crippen LogP contribution in [0.2, 0.25) is 0 Å². The largest absolute Gasteiger partial charge is 0.318 e. The van der Waals surface area contributed by atoms with Crippen molar-refractivity contribution < 1.29 is 4.79 Å². The van der Waals surface area contributed by atoms with Gasteiger partial charge in [-0.3, -0.25) is 10.1 Å². The molecule has 1 aromatic heterocycles. The maximum Gasteiger partial charge on any atom is 0.244 e. The molecule has 106 valence electrons. The average molecular weight is 280 g/mol. The lowest BCUT2D eigenvalue weighted by atomic mass is 9.99. The molecule has 0 bridgehead atoms. The van der Waals surface area contributed by atoms with E-state index in [1.807, 2.05) is 6.92 Å². The number of thiophene rings is 1. The van der Waals surface area contributed by atoms with E-state index in [1.54, 1.807) is 11.3 Å². The van der Waals surface area contributed by atoms with Gasteiger partial charge in [-0.1, -0.05) is 26.3 Å². The Morgan fingerprint density at radius 1 is 1.53 bits per heavy atom. The molecule has 1 N–H and O–H groups in total. The van der Waals surface area contributed by atoms with Gasteiger partial charge in [0.25, 0.3) is 0 Å². The summed E-state index contributed by atoms with van der Waals surface area (Å²) in [5, 5.41) is 5.62. The van der Waals surface area contributed by atoms with Gasteiger partial charge in [-0.05, 0) is 38.1 Å². The smallest absolute Gasteiger partial charge is 0.244 e. The van der Waals surface area contributed by atoms with E-state index in [1.165, 1.54) is 4.88 Å². The van der Waals surface area contributed by atoms with E-state index in [2.05, 4.69) is 48.5 Å². The summed E-state index contributed by atoms with van der Waals surface area (Å²) in [6.07, 6.45) is 3.02. The maximum absolute atomic E-state index is 12.7. The van der Waals surface area contributed by atoms with E-state index in [4.69, 9.17) is 0 Å². The fourth-order valence-corrected chi connectivity index (χ4v) is 3.53. The fourth-order valence-electron chi connectivity index (χ4n) is 2.76. The second kappa shape index (κ2) is 5.63. The monoisotopic (exact) mass is 280 g/mol. The second-order valence-electron chi connectivity index (χ2n) is 5.60. The second-order valence-corrected chi connectivity index (χ2v) is 6.58. The minimum Gasteiger partial charge on any atom is -0.318 e. The van der Waals surface area contributed by atoms with Crippen molar-refractivity contribution in [3.8, 4) is 0 Å². The summed E-state index contributed by atoms with van der Waals surface area (Å²) < 4.78 is 0. The average Bonchev–Trinajstić information content (AvgIpc) is 2.98. The van der Waals surface area contributed by atoms with Gasteiger partial charge in [-0.2, -0.15) is 0 Å². The molecule has 3 nitrogen and oxygen atoms in total. The zero-order valence-electron chi connectivity index (χ0n) is 12.3. The van der Waals surface area contributed by atoms with Crippen LogP contribution in [0.1, 0.15) is 58.0 Å². The topological polar surface area (TPSA) is 32.3 Å². The molecule has 0 radical (unpaired) electrons. The highest BCUT2D eigenvalue weighted by Crippen LogP contribution is 2.36. The lowest BCUT2D eigenvalue weighted by Gasteiger charge is -2.29. The Kier molecular flexibility index (Phi) is 4.31. The summed E-state index contributed by atoms with van der Waals surface area (Å²) >= 11 is 1.72. The standard InChI is InChI=1S/C15H24N2OS/c1-5-8-11(3)17-13(12-9-7-10-19-12)16-15(4,6-2)14(17)18/h7,9-11,13,16H,5-6,8H2,1-4H3. The zero-order valence-corrected chi connectivity index (χ0v) is 13.1. The molecule has 19 heavy (non-hydrogen) atoms. The van der Waals surface area contributed by atoms with Gasteiger partial charge in [0, 0.05) is 10.9 Å². The van der Waals surface area contributed by atoms with E-state index < -0.39 is 5.54 Å². The van der Waals surface area contributed by atoms with Gasteiger partial charge < -0.3 is 4.90 Å². The summed E-state index contributed by atoms with van der Waals surface area (Å²) in [6, 6.07) is 4.45. The summed E-state index contributed by atoms with van der Waals surface area (Å²) in [5.41, 5.74) is -0.420. The molecule has 1 aliphatic rings. The third-order valence-corrected chi connectivity index (χ3v) is 5.07. The molecule has 1 aliphatic heterocycles. The van der Waals surface area contributed by atoms with Gasteiger partial charge in [0.2, 0.25) is 5.91 Å². The number of amides is 1. The lowest BCUT2D eigenvalue weighted by molar-refractivity contribution is -0.135. The van der Waals surface area contributed by atoms with E-state index in [9.17, 15) is 4.79 Å². The van der Waals surface area contributed by atoms with E-state index in [-0.39, 0.29) is 18.1 Å². The molecule has 1 amide bonds. The van der Waals surface area contributed by atoms with Gasteiger partial charge in [0.15, 0.2) is 0 Å². The molecule has 1 aromatic rings. The lowest BCUT2D eigenvalue weighted by Crippen LogP contribution is -2.44. The molecule has 1 saturated heterocycles. The third kappa shape index (κ3) is 2.56. The van der Waals surface area contributed by atoms with Crippen LogP contribution < -0.4 is 5.32 Å². The number of nitrogens with one attached hydrogen (secondary N) is 1. The molecular weight excluding hydrogens is 256 g/mol. The molecule has 3 atom stereocenters. The number of carbonyl (C=O) groups is 1. The Balaban J connectivity index is 2.32. The zero-order chi connectivity index (χ0) is 14.0. The number of carbonyl (C=O) groups excluding carboxylic acids is 1. The molecule has 0 spiro atoms. The van der Waals surface area contributed by atoms with Gasteiger partial charge in [0.05, 0.1) is 5.54 Å². The van der Waals surface area contributed by atoms with Crippen LogP contribution in [0, 0.1) is 0 Å². The van der Waals surface area contributed by atoms with Crippen molar-refractivity contribution >= 4 is 17.2 Å². The number of hydrogen-bond acceptors (Lipinski definition) is 3. The van der Waals surface area contributed by atoms with Gasteiger partial charge in [0.1, 0.15) is 6.17 Å². The maximum atomic E-state index is 12.7. The molecule has 2 rings (SSSR count). The Hall–Kier alpha value is -0.870. The first-order valence-electron chi connectivity index (χ1n) is 7.17. The van der Waals surface area contributed by atoms with Crippen LogP contribution in [0.5, 0.6) is 0 Å². The first-order valence-corrected chi connectivity index (χ1v) is 8.05. The van der Waals surface area contributed by atoms with Crippen molar-refractivity contribution in [2.45, 2.75) is 64.7 Å². The predicted molar refractivity (Wildman–Crippen MR) is 80.1 cm³/mol. The van der Waals surface area contributed by atoms with Crippen molar-refractivity contribution in [2.24, 2.45) is 0 Å². The van der Waals surface area contributed by atoms with Gasteiger partial charge in [-0.25, -0.2) is 0 Å². The fraction of sp³-hybridized carbons (Fsp3) is 0.667. The van der Waals surface area contributed by atoms with Crippen molar-refractivity contribution in [2.75, 3.05) is 0 Å². The van der Waals surface area contributed by atoms with Crippen LogP contribution in [0.3, 0.4) is 0 Å². The van der Waals surface area contributed by atoms with Crippen LogP contribution in [0.4, 0.5) is 0 Å². The Morgan fingerprint density at radius 2 is 2.26 bits per heavy atom. The van der Waals surface area contributed by atoms with Crippen LogP contribution in [0.15, 0.2) is 17.5 Å². The Bertz CT molecular complexity index is 431. The number of nitrogens with zero attached hydrogens (tertiary/aromatic N) is 1. The van der Waals surface area contributed by atoms with E-state index in [0.29, 0.717) is 0 Å².